The van der Waals surface area contributed by atoms with Crippen molar-refractivity contribution in [2.24, 2.45) is 11.8 Å². The highest BCUT2D eigenvalue weighted by molar-refractivity contribution is 5.80. The Kier molecular flexibility index (Phi) is 4.14. The van der Waals surface area contributed by atoms with E-state index in [9.17, 15) is 13.6 Å². The van der Waals surface area contributed by atoms with Gasteiger partial charge in [-0.1, -0.05) is 13.0 Å². The highest BCUT2D eigenvalue weighted by atomic mass is 19.1. The average Bonchev–Trinajstić information content (AvgIpc) is 2.75. The third-order valence-electron chi connectivity index (χ3n) is 3.64. The topological polar surface area (TPSA) is 41.1 Å². The van der Waals surface area contributed by atoms with Gasteiger partial charge in [-0.3, -0.25) is 4.79 Å². The summed E-state index contributed by atoms with van der Waals surface area (Å²) in [6.45, 7) is 5.16. The normalized spacial score (nSPS) is 24.2. The minimum atomic E-state index is -0.634. The number of amides is 1. The first-order valence-corrected chi connectivity index (χ1v) is 6.45. The molecule has 0 spiro atoms. The van der Waals surface area contributed by atoms with Crippen LogP contribution in [0.4, 0.5) is 8.78 Å². The van der Waals surface area contributed by atoms with Crippen LogP contribution in [0.15, 0.2) is 18.2 Å². The zero-order chi connectivity index (χ0) is 14.0. The molecule has 5 heteroatoms. The molecule has 1 aliphatic heterocycles. The number of hydrogen-bond acceptors (Lipinski definition) is 2. The fraction of sp³-hybridized carbons (Fsp3) is 0.500. The fourth-order valence-electron chi connectivity index (χ4n) is 2.41. The van der Waals surface area contributed by atoms with Crippen molar-refractivity contribution in [1.82, 2.24) is 10.6 Å². The summed E-state index contributed by atoms with van der Waals surface area (Å²) in [4.78, 5) is 12.1. The first-order chi connectivity index (χ1) is 8.99. The zero-order valence-electron chi connectivity index (χ0n) is 11.0. The Morgan fingerprint density at radius 3 is 2.74 bits per heavy atom. The summed E-state index contributed by atoms with van der Waals surface area (Å²) in [7, 11) is 0. The quantitative estimate of drug-likeness (QED) is 0.880. The van der Waals surface area contributed by atoms with Crippen molar-refractivity contribution >= 4 is 5.91 Å². The standard InChI is InChI=1S/C14H18F2N2O/c1-8-6-17-7-12(8)14(19)18-9(2)11-4-3-10(15)5-13(11)16/h3-5,8-9,12,17H,6-7H2,1-2H3,(H,18,19)/t8-,9?,12-/m1/s1. The second-order valence-corrected chi connectivity index (χ2v) is 5.14. The van der Waals surface area contributed by atoms with Gasteiger partial charge >= 0.3 is 0 Å². The van der Waals surface area contributed by atoms with Crippen LogP contribution in [0.3, 0.4) is 0 Å². The SMILES string of the molecule is CC(NC(=O)[C@@H]1CNC[C@H]1C)c1ccc(F)cc1F. The number of carbonyl (C=O) groups is 1. The van der Waals surface area contributed by atoms with Crippen molar-refractivity contribution in [2.75, 3.05) is 13.1 Å². The second kappa shape index (κ2) is 5.65. The van der Waals surface area contributed by atoms with Gasteiger partial charge in [0.15, 0.2) is 0 Å². The van der Waals surface area contributed by atoms with Gasteiger partial charge in [0.05, 0.1) is 12.0 Å². The van der Waals surface area contributed by atoms with Crippen molar-refractivity contribution in [3.8, 4) is 0 Å². The molecule has 2 rings (SSSR count). The largest absolute Gasteiger partial charge is 0.349 e. The van der Waals surface area contributed by atoms with Gasteiger partial charge in [-0.05, 0) is 25.5 Å². The molecule has 1 unspecified atom stereocenters. The van der Waals surface area contributed by atoms with E-state index in [1.54, 1.807) is 6.92 Å². The number of halogens is 2. The lowest BCUT2D eigenvalue weighted by atomic mass is 9.96. The van der Waals surface area contributed by atoms with Gasteiger partial charge in [0, 0.05) is 18.2 Å². The zero-order valence-corrected chi connectivity index (χ0v) is 11.0. The lowest BCUT2D eigenvalue weighted by Crippen LogP contribution is -2.36. The molecule has 1 saturated heterocycles. The van der Waals surface area contributed by atoms with E-state index in [1.165, 1.54) is 12.1 Å². The third-order valence-corrected chi connectivity index (χ3v) is 3.64. The lowest BCUT2D eigenvalue weighted by molar-refractivity contribution is -0.126. The molecule has 0 radical (unpaired) electrons. The Morgan fingerprint density at radius 1 is 1.42 bits per heavy atom. The van der Waals surface area contributed by atoms with E-state index in [1.807, 2.05) is 6.92 Å². The van der Waals surface area contributed by atoms with Crippen LogP contribution in [0, 0.1) is 23.5 Å². The monoisotopic (exact) mass is 268 g/mol. The Morgan fingerprint density at radius 2 is 2.16 bits per heavy atom. The first-order valence-electron chi connectivity index (χ1n) is 6.45. The van der Waals surface area contributed by atoms with Crippen molar-refractivity contribution in [3.05, 3.63) is 35.4 Å². The number of nitrogens with one attached hydrogen (secondary N) is 2. The molecule has 0 bridgehead atoms. The van der Waals surface area contributed by atoms with Crippen LogP contribution in [0.25, 0.3) is 0 Å². The molecule has 0 saturated carbocycles. The molecule has 104 valence electrons. The van der Waals surface area contributed by atoms with Crippen LogP contribution in [0.5, 0.6) is 0 Å². The predicted octanol–water partition coefficient (Wildman–Crippen LogP) is 2.00. The smallest absolute Gasteiger partial charge is 0.225 e. The molecular formula is C14H18F2N2O. The summed E-state index contributed by atoms with van der Waals surface area (Å²) in [6.07, 6.45) is 0. The van der Waals surface area contributed by atoms with Gasteiger partial charge in [-0.2, -0.15) is 0 Å². The average molecular weight is 268 g/mol. The Balaban J connectivity index is 2.04. The lowest BCUT2D eigenvalue weighted by Gasteiger charge is -2.19. The molecule has 1 aromatic rings. The van der Waals surface area contributed by atoms with Gasteiger partial charge in [0.2, 0.25) is 5.91 Å². The Labute approximate surface area is 111 Å². The van der Waals surface area contributed by atoms with Crippen LogP contribution in [-0.4, -0.2) is 19.0 Å². The molecule has 1 heterocycles. The molecule has 2 N–H and O–H groups in total. The maximum absolute atomic E-state index is 13.6. The molecule has 1 fully saturated rings. The Hall–Kier alpha value is -1.49. The maximum Gasteiger partial charge on any atom is 0.225 e. The van der Waals surface area contributed by atoms with Crippen LogP contribution >= 0.6 is 0 Å². The van der Waals surface area contributed by atoms with E-state index < -0.39 is 17.7 Å². The maximum atomic E-state index is 13.6. The number of hydrogen-bond donors (Lipinski definition) is 2. The van der Waals surface area contributed by atoms with Gasteiger partial charge in [-0.15, -0.1) is 0 Å². The minimum absolute atomic E-state index is 0.0891. The molecule has 0 aromatic heterocycles. The van der Waals surface area contributed by atoms with Crippen LogP contribution < -0.4 is 10.6 Å². The highest BCUT2D eigenvalue weighted by Gasteiger charge is 2.30. The van der Waals surface area contributed by atoms with E-state index in [2.05, 4.69) is 10.6 Å². The van der Waals surface area contributed by atoms with Crippen molar-refractivity contribution < 1.29 is 13.6 Å². The predicted molar refractivity (Wildman–Crippen MR) is 68.4 cm³/mol. The van der Waals surface area contributed by atoms with Gasteiger partial charge in [-0.25, -0.2) is 8.78 Å². The minimum Gasteiger partial charge on any atom is -0.349 e. The molecule has 3 nitrogen and oxygen atoms in total. The molecule has 3 atom stereocenters. The van der Waals surface area contributed by atoms with E-state index in [0.717, 1.165) is 12.6 Å². The summed E-state index contributed by atoms with van der Waals surface area (Å²) < 4.78 is 26.4. The fourth-order valence-corrected chi connectivity index (χ4v) is 2.41. The molecule has 0 aliphatic carbocycles. The number of rotatable bonds is 3. The second-order valence-electron chi connectivity index (χ2n) is 5.14. The molecule has 1 amide bonds. The van der Waals surface area contributed by atoms with Crippen LogP contribution in [0.2, 0.25) is 0 Å². The first kappa shape index (κ1) is 13.9. The van der Waals surface area contributed by atoms with Gasteiger partial charge in [0.1, 0.15) is 11.6 Å². The summed E-state index contributed by atoms with van der Waals surface area (Å²) >= 11 is 0. The highest BCUT2D eigenvalue weighted by Crippen LogP contribution is 2.21. The van der Waals surface area contributed by atoms with Crippen LogP contribution in [0.1, 0.15) is 25.5 Å². The summed E-state index contributed by atoms with van der Waals surface area (Å²) in [6, 6.07) is 2.92. The molecule has 1 aliphatic rings. The third kappa shape index (κ3) is 3.10. The van der Waals surface area contributed by atoms with E-state index >= 15 is 0 Å². The summed E-state index contributed by atoms with van der Waals surface area (Å²) in [5.41, 5.74) is 0.299. The van der Waals surface area contributed by atoms with Crippen molar-refractivity contribution in [3.63, 3.8) is 0 Å². The number of carbonyl (C=O) groups excluding carboxylic acids is 1. The summed E-state index contributed by atoms with van der Waals surface area (Å²) in [5, 5.41) is 5.94. The molecule has 1 aromatic carbocycles. The summed E-state index contributed by atoms with van der Waals surface area (Å²) in [5.74, 6) is -1.16. The van der Waals surface area contributed by atoms with E-state index in [-0.39, 0.29) is 17.7 Å². The van der Waals surface area contributed by atoms with Crippen LogP contribution in [-0.2, 0) is 4.79 Å². The van der Waals surface area contributed by atoms with Crippen molar-refractivity contribution in [1.29, 1.82) is 0 Å². The van der Waals surface area contributed by atoms with Crippen molar-refractivity contribution in [2.45, 2.75) is 19.9 Å². The Bertz CT molecular complexity index is 479. The van der Waals surface area contributed by atoms with E-state index in [0.29, 0.717) is 12.1 Å². The van der Waals surface area contributed by atoms with E-state index in [4.69, 9.17) is 0 Å². The number of benzene rings is 1. The van der Waals surface area contributed by atoms with Gasteiger partial charge in [0.25, 0.3) is 0 Å². The van der Waals surface area contributed by atoms with Gasteiger partial charge < -0.3 is 10.6 Å². The molecule has 19 heavy (non-hydrogen) atoms. The molecular weight excluding hydrogens is 250 g/mol.